The van der Waals surface area contributed by atoms with Crippen molar-refractivity contribution < 1.29 is 45.7 Å². The number of primary amides is 1. The van der Waals surface area contributed by atoms with Gasteiger partial charge in [0.1, 0.15) is 33.1 Å². The van der Waals surface area contributed by atoms with Crippen LogP contribution in [0.1, 0.15) is 16.7 Å². The number of amides is 2. The van der Waals surface area contributed by atoms with Crippen molar-refractivity contribution in [3.63, 3.8) is 0 Å². The molecular weight excluding hydrogens is 883 g/mol. The monoisotopic (exact) mass is 920 g/mol. The maximum Gasteiger partial charge on any atom is 0.405 e. The molecule has 5 N–H and O–H groups in total. The third-order valence-electron chi connectivity index (χ3n) is 8.27. The summed E-state index contributed by atoms with van der Waals surface area (Å²) in [5.41, 5.74) is 7.01. The number of hydrogen-bond donors (Lipinski definition) is 4. The normalized spacial score (nSPS) is 12.2. The lowest BCUT2D eigenvalue weighted by atomic mass is 10.2. The molecule has 2 amide bonds. The lowest BCUT2D eigenvalue weighted by Crippen LogP contribution is -2.50. The van der Waals surface area contributed by atoms with Crippen LogP contribution in [0.5, 0.6) is 17.2 Å². The van der Waals surface area contributed by atoms with E-state index < -0.39 is 54.4 Å². The fourth-order valence-electron chi connectivity index (χ4n) is 5.39. The number of tetrazole rings is 1. The molecule has 0 saturated carbocycles. The van der Waals surface area contributed by atoms with E-state index >= 15 is 8.42 Å². The van der Waals surface area contributed by atoms with Gasteiger partial charge in [0.15, 0.2) is 0 Å². The molecule has 1 unspecified atom stereocenters. The molecule has 0 saturated heterocycles. The molecule has 0 fully saturated rings. The van der Waals surface area contributed by atoms with Crippen LogP contribution in [-0.2, 0) is 44.5 Å². The second kappa shape index (κ2) is 18.1. The molecule has 0 bridgehead atoms. The van der Waals surface area contributed by atoms with Gasteiger partial charge in [-0.3, -0.25) is 4.79 Å². The van der Waals surface area contributed by atoms with Crippen LogP contribution in [0.15, 0.2) is 94.7 Å². The first-order valence-electron chi connectivity index (χ1n) is 16.4. The number of nitrogens with one attached hydrogen (secondary N) is 2. The Kier molecular flexibility index (Phi) is 13.5. The second-order valence-electron chi connectivity index (χ2n) is 12.0. The number of carboxylic acid groups (broad SMARTS) is 1. The van der Waals surface area contributed by atoms with Crippen molar-refractivity contribution >= 4 is 54.6 Å². The van der Waals surface area contributed by atoms with Crippen LogP contribution >= 0.6 is 22.6 Å². The Morgan fingerprint density at radius 2 is 1.32 bits per heavy atom. The van der Waals surface area contributed by atoms with Gasteiger partial charge < -0.3 is 30.4 Å². The fraction of sp³-hybridized carbons (Fsp3) is 0.229. The van der Waals surface area contributed by atoms with Crippen LogP contribution < -0.4 is 30.0 Å². The molecule has 21 heteroatoms. The van der Waals surface area contributed by atoms with Crippen molar-refractivity contribution in [2.75, 3.05) is 27.9 Å². The van der Waals surface area contributed by atoms with Crippen molar-refractivity contribution in [1.82, 2.24) is 34.6 Å². The molecule has 18 nitrogen and oxygen atoms in total. The number of rotatable bonds is 18. The van der Waals surface area contributed by atoms with Gasteiger partial charge in [-0.15, -0.1) is 10.2 Å². The number of nitrogens with two attached hydrogens (primary N) is 1. The van der Waals surface area contributed by atoms with Crippen molar-refractivity contribution in [3.8, 4) is 28.6 Å². The number of carbonyl (C=O) groups is 2. The predicted octanol–water partition coefficient (Wildman–Crippen LogP) is 2.81. The highest BCUT2D eigenvalue weighted by molar-refractivity contribution is 14.1. The van der Waals surface area contributed by atoms with E-state index in [2.05, 4.69) is 20.1 Å². The minimum Gasteiger partial charge on any atom is -0.497 e. The third kappa shape index (κ3) is 10.1. The molecule has 296 valence electrons. The van der Waals surface area contributed by atoms with Crippen LogP contribution in [0.3, 0.4) is 0 Å². The zero-order valence-electron chi connectivity index (χ0n) is 30.1. The lowest BCUT2D eigenvalue weighted by Gasteiger charge is -2.26. The van der Waals surface area contributed by atoms with Gasteiger partial charge in [-0.25, -0.2) is 26.4 Å². The molecule has 0 radical (unpaired) electrons. The minimum atomic E-state index is -4.86. The minimum absolute atomic E-state index is 0.126. The van der Waals surface area contributed by atoms with Gasteiger partial charge in [0.25, 0.3) is 0 Å². The summed E-state index contributed by atoms with van der Waals surface area (Å²) < 4.78 is 78.2. The molecule has 0 spiro atoms. The highest BCUT2D eigenvalue weighted by Crippen LogP contribution is 2.38. The molecule has 1 aromatic heterocycles. The number of hydrogen-bond acceptors (Lipinski definition) is 12. The van der Waals surface area contributed by atoms with Crippen LogP contribution in [0.4, 0.5) is 4.79 Å². The summed E-state index contributed by atoms with van der Waals surface area (Å²) in [5, 5.41) is 23.8. The summed E-state index contributed by atoms with van der Waals surface area (Å²) >= 11 is 1.86. The lowest BCUT2D eigenvalue weighted by molar-refractivity contribution is -0.119. The number of nitrogens with zero attached hydrogens (tertiary/aromatic N) is 5. The van der Waals surface area contributed by atoms with E-state index in [0.717, 1.165) is 15.9 Å². The van der Waals surface area contributed by atoms with E-state index in [4.69, 9.17) is 19.9 Å². The molecule has 5 aromatic rings. The van der Waals surface area contributed by atoms with E-state index in [0.29, 0.717) is 28.4 Å². The van der Waals surface area contributed by atoms with Gasteiger partial charge in [0.2, 0.25) is 31.8 Å². The van der Waals surface area contributed by atoms with E-state index in [1.807, 2.05) is 27.9 Å². The van der Waals surface area contributed by atoms with Crippen LogP contribution in [-0.4, -0.2) is 92.4 Å². The van der Waals surface area contributed by atoms with Crippen LogP contribution in [0.25, 0.3) is 11.4 Å². The maximum absolute atomic E-state index is 15.3. The standard InChI is InChI=1S/C35H37IN8O10S2/c1-52-25-10-4-22(5-11-25)19-43(20-23-6-12-26(53-2)13-7-23)56(50,51)32-30(55(48,49)38-18-29(33(37)45)39-35(46)47)17-16-28(36)31(32)34-40-42-44(41-34)21-24-8-14-27(54-3)15-9-24/h4-17,29,38-39H,18-21H2,1-3H3,(H2,37,45)(H,46,47). The highest BCUT2D eigenvalue weighted by Gasteiger charge is 2.37. The van der Waals surface area contributed by atoms with Crippen molar-refractivity contribution in [2.24, 2.45) is 5.73 Å². The summed E-state index contributed by atoms with van der Waals surface area (Å²) in [7, 11) is -5.19. The summed E-state index contributed by atoms with van der Waals surface area (Å²) in [6.45, 7) is -1.15. The number of carbonyl (C=O) groups excluding carboxylic acids is 1. The Balaban J connectivity index is 1.68. The summed E-state index contributed by atoms with van der Waals surface area (Å²) in [5.74, 6) is 0.331. The van der Waals surface area contributed by atoms with Crippen molar-refractivity contribution in [3.05, 3.63) is 105 Å². The number of methoxy groups -OCH3 is 3. The van der Waals surface area contributed by atoms with E-state index in [9.17, 15) is 23.1 Å². The zero-order valence-corrected chi connectivity index (χ0v) is 33.9. The summed E-state index contributed by atoms with van der Waals surface area (Å²) in [6.07, 6.45) is -1.63. The smallest absolute Gasteiger partial charge is 0.405 e. The van der Waals surface area contributed by atoms with Gasteiger partial charge >= 0.3 is 6.09 Å². The Morgan fingerprint density at radius 1 is 0.821 bits per heavy atom. The molecule has 0 aliphatic rings. The van der Waals surface area contributed by atoms with Gasteiger partial charge in [0, 0.05) is 23.2 Å². The molecule has 0 aliphatic carbocycles. The quantitative estimate of drug-likeness (QED) is 0.0925. The Morgan fingerprint density at radius 3 is 1.79 bits per heavy atom. The topological polar surface area (TPSA) is 247 Å². The van der Waals surface area contributed by atoms with Crippen LogP contribution in [0.2, 0.25) is 0 Å². The molecule has 5 rings (SSSR count). The van der Waals surface area contributed by atoms with Crippen molar-refractivity contribution in [1.29, 1.82) is 0 Å². The average Bonchev–Trinajstić information content (AvgIpc) is 3.64. The molecule has 56 heavy (non-hydrogen) atoms. The number of benzene rings is 4. The zero-order chi connectivity index (χ0) is 40.6. The predicted molar refractivity (Wildman–Crippen MR) is 210 cm³/mol. The van der Waals surface area contributed by atoms with E-state index in [1.54, 1.807) is 72.8 Å². The first-order valence-corrected chi connectivity index (χ1v) is 20.4. The maximum atomic E-state index is 15.3. The number of halogens is 1. The average molecular weight is 921 g/mol. The van der Waals surface area contributed by atoms with Crippen LogP contribution in [0, 0.1) is 3.57 Å². The fourth-order valence-corrected chi connectivity index (χ4v) is 9.72. The van der Waals surface area contributed by atoms with Gasteiger partial charge in [0.05, 0.1) is 33.4 Å². The molecule has 1 atom stereocenters. The number of sulfonamides is 2. The first kappa shape index (κ1) is 41.8. The van der Waals surface area contributed by atoms with Crippen molar-refractivity contribution in [2.45, 2.75) is 35.5 Å². The highest BCUT2D eigenvalue weighted by atomic mass is 127. The largest absolute Gasteiger partial charge is 0.497 e. The molecule has 4 aromatic carbocycles. The third-order valence-corrected chi connectivity index (χ3v) is 12.6. The van der Waals surface area contributed by atoms with E-state index in [-0.39, 0.29) is 34.6 Å². The Bertz CT molecular complexity index is 2350. The summed E-state index contributed by atoms with van der Waals surface area (Å²) in [4.78, 5) is 23.1. The SMILES string of the molecule is COc1ccc(CN(Cc2ccc(OC)cc2)S(=O)(=O)c2c(S(=O)(=O)NCC(NC(=O)O)C(N)=O)ccc(I)c2-c2nnn(Cc3ccc(OC)cc3)n2)cc1. The summed E-state index contributed by atoms with van der Waals surface area (Å²) in [6, 6.07) is 21.2. The van der Waals surface area contributed by atoms with Gasteiger partial charge in [-0.2, -0.15) is 9.10 Å². The second-order valence-corrected chi connectivity index (χ2v) is 16.7. The van der Waals surface area contributed by atoms with Gasteiger partial charge in [-0.05, 0) is 93.0 Å². The molecule has 1 heterocycles. The first-order chi connectivity index (χ1) is 26.6. The van der Waals surface area contributed by atoms with Gasteiger partial charge in [-0.1, -0.05) is 36.4 Å². The number of ether oxygens (including phenoxy) is 3. The Hall–Kier alpha value is -5.36. The van der Waals surface area contributed by atoms with E-state index in [1.165, 1.54) is 32.2 Å². The number of aromatic nitrogens is 4. The Labute approximate surface area is 336 Å². The molecule has 0 aliphatic heterocycles. The molecular formula is C35H37IN8O10S2.